The number of guanidine groups is 1. The molecule has 0 radical (unpaired) electrons. The van der Waals surface area contributed by atoms with Gasteiger partial charge in [-0.25, -0.2) is 13.9 Å². The zero-order chi connectivity index (χ0) is 17.9. The van der Waals surface area contributed by atoms with E-state index in [4.69, 9.17) is 5.73 Å². The lowest BCUT2D eigenvalue weighted by Gasteiger charge is -2.36. The number of benzene rings is 1. The molecule has 0 unspecified atom stereocenters. The number of aliphatic imine (C=N–C) groups is 1. The molecule has 0 bridgehead atoms. The molecule has 2 aromatic heterocycles. The van der Waals surface area contributed by atoms with Crippen LogP contribution in [0.3, 0.4) is 0 Å². The Labute approximate surface area is 174 Å². The highest BCUT2D eigenvalue weighted by Gasteiger charge is 2.18. The Morgan fingerprint density at radius 1 is 1.07 bits per heavy atom. The zero-order valence-corrected chi connectivity index (χ0v) is 17.2. The van der Waals surface area contributed by atoms with E-state index < -0.39 is 0 Å². The van der Waals surface area contributed by atoms with E-state index >= 15 is 0 Å². The molecule has 2 N–H and O–H groups in total. The molecule has 1 aliphatic rings. The third kappa shape index (κ3) is 4.32. The lowest BCUT2D eigenvalue weighted by atomic mass is 10.2. The molecule has 3 aromatic rings. The third-order valence-corrected chi connectivity index (χ3v) is 4.71. The van der Waals surface area contributed by atoms with Gasteiger partial charge in [0.05, 0.1) is 18.3 Å². The van der Waals surface area contributed by atoms with Crippen LogP contribution in [-0.2, 0) is 6.54 Å². The molecule has 27 heavy (non-hydrogen) atoms. The van der Waals surface area contributed by atoms with Crippen molar-refractivity contribution >= 4 is 41.1 Å². The van der Waals surface area contributed by atoms with E-state index in [1.165, 1.54) is 12.1 Å². The molecular weight excluding hydrogens is 458 g/mol. The number of nitrogens with zero attached hydrogens (tertiary/aromatic N) is 5. The Balaban J connectivity index is 0.00000210. The highest BCUT2D eigenvalue weighted by molar-refractivity contribution is 14.0. The minimum Gasteiger partial charge on any atom is -0.370 e. The minimum absolute atomic E-state index is 0. The van der Waals surface area contributed by atoms with Crippen LogP contribution in [0.5, 0.6) is 0 Å². The van der Waals surface area contributed by atoms with Crippen molar-refractivity contribution < 1.29 is 4.39 Å². The second-order valence-electron chi connectivity index (χ2n) is 6.33. The molecule has 0 spiro atoms. The molecule has 1 aromatic carbocycles. The average molecular weight is 480 g/mol. The van der Waals surface area contributed by atoms with Crippen molar-refractivity contribution in [3.63, 3.8) is 0 Å². The molecule has 142 valence electrons. The number of hydrogen-bond acceptors (Lipinski definition) is 3. The Morgan fingerprint density at radius 3 is 2.56 bits per heavy atom. The van der Waals surface area contributed by atoms with Gasteiger partial charge in [-0.15, -0.1) is 24.0 Å². The van der Waals surface area contributed by atoms with Gasteiger partial charge in [-0.2, -0.15) is 5.10 Å². The van der Waals surface area contributed by atoms with Crippen LogP contribution < -0.4 is 10.6 Å². The van der Waals surface area contributed by atoms with E-state index in [1.54, 1.807) is 0 Å². The molecular formula is C19H22FIN6. The number of anilines is 1. The highest BCUT2D eigenvalue weighted by atomic mass is 127. The maximum Gasteiger partial charge on any atom is 0.191 e. The van der Waals surface area contributed by atoms with E-state index in [1.807, 2.05) is 47.2 Å². The van der Waals surface area contributed by atoms with Crippen molar-refractivity contribution in [2.24, 2.45) is 10.7 Å². The van der Waals surface area contributed by atoms with Crippen LogP contribution in [0.4, 0.5) is 10.1 Å². The molecule has 1 aliphatic heterocycles. The topological polar surface area (TPSA) is 62.2 Å². The first-order valence-electron chi connectivity index (χ1n) is 8.67. The summed E-state index contributed by atoms with van der Waals surface area (Å²) in [6.45, 7) is 3.76. The second-order valence-corrected chi connectivity index (χ2v) is 6.33. The molecule has 1 saturated heterocycles. The summed E-state index contributed by atoms with van der Waals surface area (Å²) < 4.78 is 14.9. The quantitative estimate of drug-likeness (QED) is 0.356. The minimum atomic E-state index is -0.212. The largest absolute Gasteiger partial charge is 0.370 e. The van der Waals surface area contributed by atoms with Gasteiger partial charge in [0, 0.05) is 43.6 Å². The fraction of sp³-hybridized carbons (Fsp3) is 0.263. The predicted octanol–water partition coefficient (Wildman–Crippen LogP) is 2.73. The van der Waals surface area contributed by atoms with Gasteiger partial charge in [-0.1, -0.05) is 6.07 Å². The smallest absolute Gasteiger partial charge is 0.191 e. The van der Waals surface area contributed by atoms with E-state index in [0.29, 0.717) is 12.5 Å². The van der Waals surface area contributed by atoms with Crippen LogP contribution in [0.2, 0.25) is 0 Å². The lowest BCUT2D eigenvalue weighted by molar-refractivity contribution is 0.380. The molecule has 0 saturated carbocycles. The summed E-state index contributed by atoms with van der Waals surface area (Å²) in [4.78, 5) is 8.87. The van der Waals surface area contributed by atoms with Crippen LogP contribution in [0.1, 0.15) is 5.56 Å². The van der Waals surface area contributed by atoms with Gasteiger partial charge >= 0.3 is 0 Å². The van der Waals surface area contributed by atoms with Crippen LogP contribution >= 0.6 is 24.0 Å². The van der Waals surface area contributed by atoms with E-state index in [9.17, 15) is 4.39 Å². The first-order chi connectivity index (χ1) is 12.7. The number of rotatable bonds is 3. The molecule has 3 heterocycles. The van der Waals surface area contributed by atoms with Crippen molar-refractivity contribution in [2.45, 2.75) is 6.54 Å². The standard InChI is InChI=1S/C19H21FN6.HI/c20-16-4-6-17(7-5-16)24-9-11-25(12-10-24)19(21)22-13-15-14-23-26-8-2-1-3-18(15)26;/h1-8,14H,9-13H2,(H2,21,22);1H. The molecule has 8 heteroatoms. The number of hydrogen-bond donors (Lipinski definition) is 1. The highest BCUT2D eigenvalue weighted by Crippen LogP contribution is 2.17. The van der Waals surface area contributed by atoms with Gasteiger partial charge < -0.3 is 15.5 Å². The average Bonchev–Trinajstić information content (AvgIpc) is 3.10. The number of piperazine rings is 1. The number of pyridine rings is 1. The van der Waals surface area contributed by atoms with Gasteiger partial charge in [0.2, 0.25) is 0 Å². The van der Waals surface area contributed by atoms with Crippen molar-refractivity contribution in [3.05, 3.63) is 66.2 Å². The maximum absolute atomic E-state index is 13.1. The van der Waals surface area contributed by atoms with Crippen molar-refractivity contribution in [1.82, 2.24) is 14.5 Å². The van der Waals surface area contributed by atoms with Crippen LogP contribution in [-0.4, -0.2) is 46.7 Å². The van der Waals surface area contributed by atoms with Crippen LogP contribution in [0.15, 0.2) is 59.9 Å². The lowest BCUT2D eigenvalue weighted by Crippen LogP contribution is -2.51. The molecule has 0 atom stereocenters. The monoisotopic (exact) mass is 480 g/mol. The summed E-state index contributed by atoms with van der Waals surface area (Å²) >= 11 is 0. The number of nitrogens with two attached hydrogens (primary N) is 1. The summed E-state index contributed by atoms with van der Waals surface area (Å²) in [5, 5.41) is 4.32. The van der Waals surface area contributed by atoms with Crippen molar-refractivity contribution in [1.29, 1.82) is 0 Å². The summed E-state index contributed by atoms with van der Waals surface area (Å²) in [7, 11) is 0. The molecule has 0 amide bonds. The summed E-state index contributed by atoms with van der Waals surface area (Å²) in [5.74, 6) is 0.343. The molecule has 4 rings (SSSR count). The fourth-order valence-corrected chi connectivity index (χ4v) is 3.22. The first kappa shape index (κ1) is 19.4. The predicted molar refractivity (Wildman–Crippen MR) is 116 cm³/mol. The van der Waals surface area contributed by atoms with E-state index in [-0.39, 0.29) is 29.8 Å². The SMILES string of the molecule is I.NC(=NCc1cnn2ccccc12)N1CCN(c2ccc(F)cc2)CC1. The molecule has 6 nitrogen and oxygen atoms in total. The third-order valence-electron chi connectivity index (χ3n) is 4.71. The summed E-state index contributed by atoms with van der Waals surface area (Å²) in [6.07, 6.45) is 3.75. The Kier molecular flexibility index (Phi) is 6.15. The van der Waals surface area contributed by atoms with Gasteiger partial charge in [0.25, 0.3) is 0 Å². The Hall–Kier alpha value is -2.36. The van der Waals surface area contributed by atoms with Crippen molar-refractivity contribution in [2.75, 3.05) is 31.1 Å². The van der Waals surface area contributed by atoms with Crippen LogP contribution in [0.25, 0.3) is 5.52 Å². The molecule has 1 fully saturated rings. The van der Waals surface area contributed by atoms with E-state index in [0.717, 1.165) is 42.9 Å². The maximum atomic E-state index is 13.1. The second kappa shape index (κ2) is 8.55. The van der Waals surface area contributed by atoms with Crippen LogP contribution in [0, 0.1) is 5.82 Å². The normalized spacial score (nSPS) is 15.1. The van der Waals surface area contributed by atoms with Gasteiger partial charge in [-0.05, 0) is 36.4 Å². The zero-order valence-electron chi connectivity index (χ0n) is 14.8. The van der Waals surface area contributed by atoms with Crippen molar-refractivity contribution in [3.8, 4) is 0 Å². The number of fused-ring (bicyclic) bond motifs is 1. The van der Waals surface area contributed by atoms with Gasteiger partial charge in [0.1, 0.15) is 5.82 Å². The van der Waals surface area contributed by atoms with E-state index in [2.05, 4.69) is 19.9 Å². The first-order valence-corrected chi connectivity index (χ1v) is 8.67. The number of halogens is 2. The molecule has 0 aliphatic carbocycles. The number of aromatic nitrogens is 2. The Bertz CT molecular complexity index is 915. The summed E-state index contributed by atoms with van der Waals surface area (Å²) in [6, 6.07) is 12.6. The Morgan fingerprint density at radius 2 is 1.81 bits per heavy atom. The fourth-order valence-electron chi connectivity index (χ4n) is 3.22. The summed E-state index contributed by atoms with van der Waals surface area (Å²) in [5.41, 5.74) is 9.33. The van der Waals surface area contributed by atoms with Gasteiger partial charge in [-0.3, -0.25) is 0 Å². The van der Waals surface area contributed by atoms with Gasteiger partial charge in [0.15, 0.2) is 5.96 Å².